The molecule has 0 unspecified atom stereocenters. The Bertz CT molecular complexity index is 523. The number of piperidine rings is 1. The van der Waals surface area contributed by atoms with E-state index in [1.54, 1.807) is 6.07 Å². The molecule has 3 rings (SSSR count). The summed E-state index contributed by atoms with van der Waals surface area (Å²) in [5.41, 5.74) is 0.0765. The number of nitro groups is 1. The van der Waals surface area contributed by atoms with Gasteiger partial charge in [-0.05, 0) is 54.7 Å². The molecular formula is C14H17BrN2O3. The van der Waals surface area contributed by atoms with Crippen LogP contribution in [0.25, 0.3) is 0 Å². The molecule has 2 heterocycles. The van der Waals surface area contributed by atoms with Gasteiger partial charge >= 0.3 is 0 Å². The highest BCUT2D eigenvalue weighted by Crippen LogP contribution is 2.37. The van der Waals surface area contributed by atoms with Crippen LogP contribution in [0.5, 0.6) is 5.75 Å². The molecule has 0 aromatic heterocycles. The van der Waals surface area contributed by atoms with Crippen molar-refractivity contribution in [2.24, 2.45) is 0 Å². The van der Waals surface area contributed by atoms with E-state index in [2.05, 4.69) is 27.9 Å². The van der Waals surface area contributed by atoms with Gasteiger partial charge in [0.1, 0.15) is 11.9 Å². The smallest absolute Gasteiger partial charge is 0.270 e. The first-order valence-corrected chi connectivity index (χ1v) is 7.66. The Labute approximate surface area is 126 Å². The molecule has 1 aromatic carbocycles. The number of rotatable bonds is 3. The molecule has 2 saturated heterocycles. The van der Waals surface area contributed by atoms with Crippen molar-refractivity contribution in [3.63, 3.8) is 0 Å². The van der Waals surface area contributed by atoms with E-state index in [-0.39, 0.29) is 11.8 Å². The molecule has 0 spiro atoms. The van der Waals surface area contributed by atoms with E-state index in [1.165, 1.54) is 25.0 Å². The van der Waals surface area contributed by atoms with Crippen molar-refractivity contribution >= 4 is 21.6 Å². The summed E-state index contributed by atoms with van der Waals surface area (Å²) in [6.45, 7) is 0. The minimum Gasteiger partial charge on any atom is -0.489 e. The Hall–Kier alpha value is -1.14. The molecule has 0 saturated carbocycles. The molecule has 0 radical (unpaired) electrons. The van der Waals surface area contributed by atoms with Gasteiger partial charge in [-0.15, -0.1) is 0 Å². The standard InChI is InChI=1S/C14H17BrN2O3/c1-16-9-2-3-10(16)7-12(6-9)20-14-5-4-11(17(18)19)8-13(14)15/h4-5,8-10,12H,2-3,6-7H2,1H3/t9-,10+,12-. The third-order valence-corrected chi connectivity index (χ3v) is 5.09. The van der Waals surface area contributed by atoms with Crippen molar-refractivity contribution in [2.45, 2.75) is 43.9 Å². The van der Waals surface area contributed by atoms with Crippen molar-refractivity contribution in [3.8, 4) is 5.75 Å². The van der Waals surface area contributed by atoms with Gasteiger partial charge in [0.25, 0.3) is 5.69 Å². The molecule has 5 nitrogen and oxygen atoms in total. The van der Waals surface area contributed by atoms with Gasteiger partial charge in [-0.25, -0.2) is 0 Å². The molecule has 108 valence electrons. The molecule has 6 heteroatoms. The number of non-ortho nitro benzene ring substituents is 1. The molecule has 2 bridgehead atoms. The average molecular weight is 341 g/mol. The van der Waals surface area contributed by atoms with Crippen molar-refractivity contribution < 1.29 is 9.66 Å². The second-order valence-corrected chi connectivity index (χ2v) is 6.49. The fourth-order valence-corrected chi connectivity index (χ4v) is 3.80. The van der Waals surface area contributed by atoms with Crippen LogP contribution in [-0.4, -0.2) is 35.1 Å². The van der Waals surface area contributed by atoms with Gasteiger partial charge in [0.2, 0.25) is 0 Å². The Kier molecular flexibility index (Phi) is 3.69. The SMILES string of the molecule is CN1[C@@H]2CC[C@H]1C[C@H](Oc1ccc([N+](=O)[O-])cc1Br)C2. The molecule has 3 atom stereocenters. The van der Waals surface area contributed by atoms with E-state index in [4.69, 9.17) is 4.74 Å². The zero-order valence-corrected chi connectivity index (χ0v) is 12.9. The van der Waals surface area contributed by atoms with Gasteiger partial charge in [-0.1, -0.05) is 0 Å². The molecule has 0 amide bonds. The third kappa shape index (κ3) is 2.54. The lowest BCUT2D eigenvalue weighted by atomic mass is 10.0. The van der Waals surface area contributed by atoms with Gasteiger partial charge in [0.15, 0.2) is 0 Å². The van der Waals surface area contributed by atoms with Crippen LogP contribution in [-0.2, 0) is 0 Å². The zero-order valence-electron chi connectivity index (χ0n) is 11.3. The number of ether oxygens (including phenoxy) is 1. The third-order valence-electron chi connectivity index (χ3n) is 4.47. The van der Waals surface area contributed by atoms with Crippen LogP contribution >= 0.6 is 15.9 Å². The predicted molar refractivity (Wildman–Crippen MR) is 79.0 cm³/mol. The number of hydrogen-bond donors (Lipinski definition) is 0. The van der Waals surface area contributed by atoms with Crippen molar-refractivity contribution in [1.29, 1.82) is 0 Å². The van der Waals surface area contributed by atoms with E-state index >= 15 is 0 Å². The van der Waals surface area contributed by atoms with E-state index < -0.39 is 4.92 Å². The number of nitro benzene ring substituents is 1. The van der Waals surface area contributed by atoms with Crippen molar-refractivity contribution in [2.75, 3.05) is 7.05 Å². The van der Waals surface area contributed by atoms with Crippen LogP contribution in [0, 0.1) is 10.1 Å². The molecule has 0 N–H and O–H groups in total. The predicted octanol–water partition coefficient (Wildman–Crippen LogP) is 3.36. The van der Waals surface area contributed by atoms with Gasteiger partial charge in [-0.2, -0.15) is 0 Å². The Morgan fingerprint density at radius 2 is 2.00 bits per heavy atom. The van der Waals surface area contributed by atoms with E-state index in [0.29, 0.717) is 22.3 Å². The van der Waals surface area contributed by atoms with Crippen LogP contribution in [0.3, 0.4) is 0 Å². The van der Waals surface area contributed by atoms with E-state index in [1.807, 2.05) is 0 Å². The lowest BCUT2D eigenvalue weighted by molar-refractivity contribution is -0.385. The number of fused-ring (bicyclic) bond motifs is 2. The van der Waals surface area contributed by atoms with E-state index in [9.17, 15) is 10.1 Å². The first kappa shape index (κ1) is 13.8. The summed E-state index contributed by atoms with van der Waals surface area (Å²) in [5.74, 6) is 0.699. The lowest BCUT2D eigenvalue weighted by Crippen LogP contribution is -2.43. The topological polar surface area (TPSA) is 55.6 Å². The summed E-state index contributed by atoms with van der Waals surface area (Å²) in [6, 6.07) is 5.91. The fourth-order valence-electron chi connectivity index (χ4n) is 3.34. The summed E-state index contributed by atoms with van der Waals surface area (Å²) in [7, 11) is 2.19. The highest BCUT2D eigenvalue weighted by atomic mass is 79.9. The highest BCUT2D eigenvalue weighted by molar-refractivity contribution is 9.10. The van der Waals surface area contributed by atoms with Crippen LogP contribution in [0.2, 0.25) is 0 Å². The van der Waals surface area contributed by atoms with Gasteiger partial charge < -0.3 is 9.64 Å². The van der Waals surface area contributed by atoms with Crippen LogP contribution in [0.4, 0.5) is 5.69 Å². The van der Waals surface area contributed by atoms with Gasteiger partial charge in [0, 0.05) is 24.2 Å². The normalized spacial score (nSPS) is 29.4. The largest absolute Gasteiger partial charge is 0.489 e. The van der Waals surface area contributed by atoms with Crippen LogP contribution < -0.4 is 4.74 Å². The maximum absolute atomic E-state index is 10.7. The number of benzene rings is 1. The molecule has 2 aliphatic heterocycles. The minimum absolute atomic E-state index is 0.0765. The molecule has 2 fully saturated rings. The van der Waals surface area contributed by atoms with Crippen molar-refractivity contribution in [3.05, 3.63) is 32.8 Å². The molecule has 0 aliphatic carbocycles. The first-order valence-electron chi connectivity index (χ1n) is 6.87. The molecule has 20 heavy (non-hydrogen) atoms. The summed E-state index contributed by atoms with van der Waals surface area (Å²) in [6.07, 6.45) is 4.79. The number of halogens is 1. The number of hydrogen-bond acceptors (Lipinski definition) is 4. The van der Waals surface area contributed by atoms with Crippen LogP contribution in [0.1, 0.15) is 25.7 Å². The Balaban J connectivity index is 1.71. The highest BCUT2D eigenvalue weighted by Gasteiger charge is 2.39. The van der Waals surface area contributed by atoms with E-state index in [0.717, 1.165) is 12.8 Å². The summed E-state index contributed by atoms with van der Waals surface area (Å²) < 4.78 is 6.70. The quantitative estimate of drug-likeness (QED) is 0.625. The number of nitrogens with zero attached hydrogens (tertiary/aromatic N) is 2. The van der Waals surface area contributed by atoms with Gasteiger partial charge in [0.05, 0.1) is 9.40 Å². The van der Waals surface area contributed by atoms with Gasteiger partial charge in [-0.3, -0.25) is 10.1 Å². The van der Waals surface area contributed by atoms with Crippen LogP contribution in [0.15, 0.2) is 22.7 Å². The minimum atomic E-state index is -0.398. The molecular weight excluding hydrogens is 324 g/mol. The molecule has 1 aromatic rings. The average Bonchev–Trinajstić information content (AvgIpc) is 2.64. The monoisotopic (exact) mass is 340 g/mol. The second-order valence-electron chi connectivity index (χ2n) is 5.63. The lowest BCUT2D eigenvalue weighted by Gasteiger charge is -2.36. The summed E-state index contributed by atoms with van der Waals surface area (Å²) >= 11 is 3.36. The van der Waals surface area contributed by atoms with Crippen molar-refractivity contribution in [1.82, 2.24) is 4.90 Å². The second kappa shape index (κ2) is 5.33. The zero-order chi connectivity index (χ0) is 14.3. The summed E-state index contributed by atoms with van der Waals surface area (Å²) in [4.78, 5) is 12.8. The summed E-state index contributed by atoms with van der Waals surface area (Å²) in [5, 5.41) is 10.7. The first-order chi connectivity index (χ1) is 9.54. The Morgan fingerprint density at radius 1 is 1.35 bits per heavy atom. The maximum Gasteiger partial charge on any atom is 0.270 e. The fraction of sp³-hybridized carbons (Fsp3) is 0.571. The Morgan fingerprint density at radius 3 is 2.55 bits per heavy atom. The molecule has 2 aliphatic rings. The maximum atomic E-state index is 10.7.